The molecular weight excluding hydrogens is 416 g/mol. The fourth-order valence-electron chi connectivity index (χ4n) is 3.27. The molecule has 158 valence electrons. The summed E-state index contributed by atoms with van der Waals surface area (Å²) in [5.74, 6) is -0.209. The third kappa shape index (κ3) is 4.02. The van der Waals surface area contributed by atoms with Crippen LogP contribution in [0.3, 0.4) is 0 Å². The molecule has 2 aromatic carbocycles. The van der Waals surface area contributed by atoms with Gasteiger partial charge in [0.1, 0.15) is 0 Å². The number of hydrogen-bond donors (Lipinski definition) is 0. The molecule has 0 N–H and O–H groups in total. The topological polar surface area (TPSA) is 109 Å². The summed E-state index contributed by atoms with van der Waals surface area (Å²) in [6, 6.07) is 9.57. The summed E-state index contributed by atoms with van der Waals surface area (Å²) in [7, 11) is 4.01. The van der Waals surface area contributed by atoms with Crippen molar-refractivity contribution < 1.29 is 28.8 Å². The van der Waals surface area contributed by atoms with E-state index in [2.05, 4.69) is 5.16 Å². The first-order valence-corrected chi connectivity index (χ1v) is 9.20. The number of nitrogens with zero attached hydrogens (tertiary/aromatic N) is 2. The van der Waals surface area contributed by atoms with E-state index < -0.39 is 16.5 Å². The van der Waals surface area contributed by atoms with E-state index in [1.54, 1.807) is 24.3 Å². The Hall–Kier alpha value is -3.33. The zero-order chi connectivity index (χ0) is 21.9. The number of nitro benzene ring substituents is 1. The summed E-state index contributed by atoms with van der Waals surface area (Å²) in [6.45, 7) is 0. The molecule has 0 aliphatic carbocycles. The summed E-state index contributed by atoms with van der Waals surface area (Å²) >= 11 is 5.92. The Labute approximate surface area is 177 Å². The van der Waals surface area contributed by atoms with E-state index in [0.717, 1.165) is 0 Å². The average Bonchev–Trinajstić information content (AvgIpc) is 3.18. The van der Waals surface area contributed by atoms with Gasteiger partial charge in [-0.2, -0.15) is 0 Å². The lowest BCUT2D eigenvalue weighted by molar-refractivity contribution is -0.385. The van der Waals surface area contributed by atoms with Crippen LogP contribution >= 0.6 is 11.6 Å². The largest absolute Gasteiger partial charge is 0.493 e. The number of benzene rings is 2. The molecule has 1 atom stereocenters. The van der Waals surface area contributed by atoms with Crippen LogP contribution in [0.1, 0.15) is 17.5 Å². The van der Waals surface area contributed by atoms with Crippen LogP contribution in [-0.2, 0) is 20.8 Å². The van der Waals surface area contributed by atoms with Crippen molar-refractivity contribution in [2.24, 2.45) is 5.16 Å². The van der Waals surface area contributed by atoms with E-state index in [-0.39, 0.29) is 35.6 Å². The van der Waals surface area contributed by atoms with Gasteiger partial charge < -0.3 is 19.0 Å². The maximum atomic E-state index is 12.7. The number of hydrogen-bond acceptors (Lipinski definition) is 8. The molecule has 0 spiro atoms. The van der Waals surface area contributed by atoms with Gasteiger partial charge in [-0.25, -0.2) is 4.79 Å². The Morgan fingerprint density at radius 3 is 2.40 bits per heavy atom. The molecule has 30 heavy (non-hydrogen) atoms. The van der Waals surface area contributed by atoms with Crippen LogP contribution in [0.25, 0.3) is 0 Å². The van der Waals surface area contributed by atoms with Gasteiger partial charge in [0.15, 0.2) is 11.5 Å². The molecule has 1 unspecified atom stereocenters. The quantitative estimate of drug-likeness (QED) is 0.372. The molecule has 0 saturated carbocycles. The lowest BCUT2D eigenvalue weighted by atomic mass is 9.87. The highest BCUT2D eigenvalue weighted by Crippen LogP contribution is 2.39. The van der Waals surface area contributed by atoms with Gasteiger partial charge >= 0.3 is 5.97 Å². The highest BCUT2D eigenvalue weighted by molar-refractivity contribution is 6.30. The van der Waals surface area contributed by atoms with Crippen LogP contribution in [0.15, 0.2) is 41.6 Å². The first-order chi connectivity index (χ1) is 14.3. The number of nitro groups is 1. The minimum atomic E-state index is -1.56. The molecule has 2 aromatic rings. The van der Waals surface area contributed by atoms with Crippen LogP contribution in [-0.4, -0.2) is 43.5 Å². The Bertz CT molecular complexity index is 1010. The number of rotatable bonds is 7. The Morgan fingerprint density at radius 1 is 1.20 bits per heavy atom. The van der Waals surface area contributed by atoms with E-state index >= 15 is 0 Å². The summed E-state index contributed by atoms with van der Waals surface area (Å²) in [5, 5.41) is 16.2. The van der Waals surface area contributed by atoms with E-state index in [1.807, 2.05) is 0 Å². The fourth-order valence-corrected chi connectivity index (χ4v) is 3.39. The number of ether oxygens (including phenoxy) is 3. The van der Waals surface area contributed by atoms with Gasteiger partial charge in [0.05, 0.1) is 38.0 Å². The zero-order valence-electron chi connectivity index (χ0n) is 16.5. The van der Waals surface area contributed by atoms with Gasteiger partial charge in [0.2, 0.25) is 5.60 Å². The highest BCUT2D eigenvalue weighted by atomic mass is 35.5. The molecule has 0 bridgehead atoms. The lowest BCUT2D eigenvalue weighted by Gasteiger charge is -2.24. The third-order valence-electron chi connectivity index (χ3n) is 4.78. The molecule has 1 aliphatic heterocycles. The van der Waals surface area contributed by atoms with Crippen LogP contribution < -0.4 is 9.47 Å². The number of methoxy groups -OCH3 is 3. The van der Waals surface area contributed by atoms with Crippen molar-refractivity contribution in [3.63, 3.8) is 0 Å². The maximum Gasteiger partial charge on any atom is 0.353 e. The smallest absolute Gasteiger partial charge is 0.353 e. The van der Waals surface area contributed by atoms with Crippen molar-refractivity contribution in [1.29, 1.82) is 0 Å². The molecule has 0 amide bonds. The molecule has 0 fully saturated rings. The first-order valence-electron chi connectivity index (χ1n) is 8.82. The second-order valence-electron chi connectivity index (χ2n) is 6.57. The van der Waals surface area contributed by atoms with Crippen molar-refractivity contribution >= 4 is 29.0 Å². The van der Waals surface area contributed by atoms with Gasteiger partial charge in [-0.15, -0.1) is 0 Å². The summed E-state index contributed by atoms with van der Waals surface area (Å²) in [4.78, 5) is 29.3. The predicted octanol–water partition coefficient (Wildman–Crippen LogP) is 3.54. The second-order valence-corrected chi connectivity index (χ2v) is 7.01. The standard InChI is InChI=1S/C20H19ClN2O7/c1-27-17-8-13(16(23(25)26)9-18(17)28-2)10-20(19(24)29-3)11-15(22-30-20)12-4-6-14(21)7-5-12/h4-9H,10-11H2,1-3H3. The maximum absolute atomic E-state index is 12.7. The van der Waals surface area contributed by atoms with Crippen LogP contribution in [0, 0.1) is 10.1 Å². The number of esters is 1. The average molecular weight is 435 g/mol. The molecule has 10 heteroatoms. The Balaban J connectivity index is 2.00. The van der Waals surface area contributed by atoms with E-state index in [0.29, 0.717) is 16.3 Å². The lowest BCUT2D eigenvalue weighted by Crippen LogP contribution is -2.42. The van der Waals surface area contributed by atoms with Gasteiger partial charge in [-0.1, -0.05) is 28.9 Å². The first kappa shape index (κ1) is 21.4. The number of carbonyl (C=O) groups excluding carboxylic acids is 1. The number of halogens is 1. The van der Waals surface area contributed by atoms with Crippen LogP contribution in [0.5, 0.6) is 11.5 Å². The second kappa shape index (κ2) is 8.58. The van der Waals surface area contributed by atoms with Crippen molar-refractivity contribution in [2.75, 3.05) is 21.3 Å². The minimum Gasteiger partial charge on any atom is -0.493 e. The van der Waals surface area contributed by atoms with Gasteiger partial charge in [-0.05, 0) is 23.8 Å². The molecule has 0 saturated heterocycles. The molecule has 9 nitrogen and oxygen atoms in total. The highest BCUT2D eigenvalue weighted by Gasteiger charge is 2.49. The van der Waals surface area contributed by atoms with Gasteiger partial charge in [0, 0.05) is 23.4 Å². The van der Waals surface area contributed by atoms with Gasteiger partial charge in [-0.3, -0.25) is 10.1 Å². The normalized spacial score (nSPS) is 17.7. The summed E-state index contributed by atoms with van der Waals surface area (Å²) in [6.07, 6.45) is -0.0935. The Morgan fingerprint density at radius 2 is 1.83 bits per heavy atom. The van der Waals surface area contributed by atoms with E-state index in [9.17, 15) is 14.9 Å². The zero-order valence-corrected chi connectivity index (χ0v) is 17.3. The minimum absolute atomic E-state index is 0.0623. The van der Waals surface area contributed by atoms with Crippen molar-refractivity contribution in [2.45, 2.75) is 18.4 Å². The number of carbonyl (C=O) groups is 1. The molecule has 1 heterocycles. The van der Waals surface area contributed by atoms with Gasteiger partial charge in [0.25, 0.3) is 5.69 Å². The summed E-state index contributed by atoms with van der Waals surface area (Å²) < 4.78 is 15.3. The van der Waals surface area contributed by atoms with Crippen molar-refractivity contribution in [3.05, 3.63) is 62.7 Å². The fraction of sp³-hybridized carbons (Fsp3) is 0.300. The Kier molecular flexibility index (Phi) is 6.12. The van der Waals surface area contributed by atoms with Crippen LogP contribution in [0.4, 0.5) is 5.69 Å². The molecular formula is C20H19ClN2O7. The number of oxime groups is 1. The monoisotopic (exact) mass is 434 g/mol. The third-order valence-corrected chi connectivity index (χ3v) is 5.03. The predicted molar refractivity (Wildman–Crippen MR) is 108 cm³/mol. The van der Waals surface area contributed by atoms with Crippen molar-refractivity contribution in [3.8, 4) is 11.5 Å². The molecule has 1 aliphatic rings. The summed E-state index contributed by atoms with van der Waals surface area (Å²) in [5.41, 5.74) is -0.365. The molecule has 0 aromatic heterocycles. The van der Waals surface area contributed by atoms with Crippen LogP contribution in [0.2, 0.25) is 5.02 Å². The SMILES string of the molecule is COC(=O)C1(Cc2cc(OC)c(OC)cc2[N+](=O)[O-])CC(c2ccc(Cl)cc2)=NO1. The molecule has 3 rings (SSSR count). The van der Waals surface area contributed by atoms with E-state index in [1.165, 1.54) is 33.5 Å². The molecule has 0 radical (unpaired) electrons. The van der Waals surface area contributed by atoms with Crippen molar-refractivity contribution in [1.82, 2.24) is 0 Å². The van der Waals surface area contributed by atoms with E-state index in [4.69, 9.17) is 30.6 Å².